The Hall–Kier alpha value is -1.35. The number of nitrogens with one attached hydrogen (secondary N) is 1. The van der Waals surface area contributed by atoms with E-state index < -0.39 is 0 Å². The minimum atomic E-state index is -0.272. The molecule has 1 aromatic carbocycles. The highest BCUT2D eigenvalue weighted by Gasteiger charge is 2.43. The standard InChI is InChI=1S/C17H24N2O/c1-2-17(10-6-11-18-17)16(20)19-12-9-15(13-19)14-7-4-3-5-8-14/h3-5,7-8,15,18H,2,6,9-13H2,1H3. The minimum Gasteiger partial charge on any atom is -0.340 e. The molecule has 2 saturated heterocycles. The van der Waals surface area contributed by atoms with E-state index >= 15 is 0 Å². The van der Waals surface area contributed by atoms with Crippen molar-refractivity contribution in [2.45, 2.75) is 44.1 Å². The van der Waals surface area contributed by atoms with Gasteiger partial charge < -0.3 is 10.2 Å². The van der Waals surface area contributed by atoms with Crippen LogP contribution in [-0.4, -0.2) is 36.0 Å². The van der Waals surface area contributed by atoms with Crippen LogP contribution in [0.4, 0.5) is 0 Å². The van der Waals surface area contributed by atoms with Gasteiger partial charge in [-0.1, -0.05) is 37.3 Å². The van der Waals surface area contributed by atoms with E-state index in [1.807, 2.05) is 0 Å². The molecule has 1 N–H and O–H groups in total. The minimum absolute atomic E-state index is 0.272. The van der Waals surface area contributed by atoms with Gasteiger partial charge in [0.05, 0.1) is 5.54 Å². The Kier molecular flexibility index (Phi) is 3.79. The summed E-state index contributed by atoms with van der Waals surface area (Å²) in [4.78, 5) is 14.9. The molecule has 2 fully saturated rings. The normalized spacial score (nSPS) is 29.9. The molecule has 0 aromatic heterocycles. The zero-order chi connectivity index (χ0) is 14.0. The summed E-state index contributed by atoms with van der Waals surface area (Å²) in [6.45, 7) is 4.89. The number of carbonyl (C=O) groups is 1. The Morgan fingerprint density at radius 3 is 2.85 bits per heavy atom. The summed E-state index contributed by atoms with van der Waals surface area (Å²) in [5, 5.41) is 3.46. The molecule has 3 rings (SSSR count). The van der Waals surface area contributed by atoms with E-state index in [1.54, 1.807) is 0 Å². The monoisotopic (exact) mass is 272 g/mol. The van der Waals surface area contributed by atoms with Gasteiger partial charge in [0.2, 0.25) is 5.91 Å². The summed E-state index contributed by atoms with van der Waals surface area (Å²) in [6.07, 6.45) is 4.11. The molecular weight excluding hydrogens is 248 g/mol. The highest BCUT2D eigenvalue weighted by Crippen LogP contribution is 2.31. The molecule has 20 heavy (non-hydrogen) atoms. The van der Waals surface area contributed by atoms with Crippen LogP contribution in [0.5, 0.6) is 0 Å². The number of hydrogen-bond acceptors (Lipinski definition) is 2. The Bertz CT molecular complexity index is 465. The highest BCUT2D eigenvalue weighted by atomic mass is 16.2. The molecule has 2 aliphatic rings. The van der Waals surface area contributed by atoms with Crippen molar-refractivity contribution in [3.8, 4) is 0 Å². The first-order valence-electron chi connectivity index (χ1n) is 7.84. The summed E-state index contributed by atoms with van der Waals surface area (Å²) in [5.74, 6) is 0.839. The SMILES string of the molecule is CCC1(C(=O)N2CCC(c3ccccc3)C2)CCCN1. The molecule has 0 spiro atoms. The van der Waals surface area contributed by atoms with E-state index in [4.69, 9.17) is 0 Å². The van der Waals surface area contributed by atoms with Crippen molar-refractivity contribution in [3.05, 3.63) is 35.9 Å². The van der Waals surface area contributed by atoms with E-state index in [0.29, 0.717) is 11.8 Å². The van der Waals surface area contributed by atoms with Gasteiger partial charge in [-0.2, -0.15) is 0 Å². The fourth-order valence-corrected chi connectivity index (χ4v) is 3.69. The molecule has 0 bridgehead atoms. The van der Waals surface area contributed by atoms with Crippen LogP contribution in [0.3, 0.4) is 0 Å². The van der Waals surface area contributed by atoms with Crippen LogP contribution in [0, 0.1) is 0 Å². The van der Waals surface area contributed by atoms with Crippen molar-refractivity contribution < 1.29 is 4.79 Å². The average molecular weight is 272 g/mol. The van der Waals surface area contributed by atoms with E-state index in [9.17, 15) is 4.79 Å². The van der Waals surface area contributed by atoms with E-state index in [1.165, 1.54) is 5.56 Å². The van der Waals surface area contributed by atoms with Crippen LogP contribution in [0.25, 0.3) is 0 Å². The lowest BCUT2D eigenvalue weighted by Crippen LogP contribution is -2.54. The predicted octanol–water partition coefficient (Wildman–Crippen LogP) is 2.53. The maximum atomic E-state index is 12.8. The zero-order valence-corrected chi connectivity index (χ0v) is 12.3. The molecule has 0 saturated carbocycles. The van der Waals surface area contributed by atoms with Crippen molar-refractivity contribution in [2.24, 2.45) is 0 Å². The van der Waals surface area contributed by atoms with E-state index in [0.717, 1.165) is 45.3 Å². The third-order valence-corrected chi connectivity index (χ3v) is 5.00. The van der Waals surface area contributed by atoms with Gasteiger partial charge in [-0.15, -0.1) is 0 Å². The molecule has 3 nitrogen and oxygen atoms in total. The molecule has 2 heterocycles. The van der Waals surface area contributed by atoms with Gasteiger partial charge in [-0.3, -0.25) is 4.79 Å². The van der Waals surface area contributed by atoms with Crippen molar-refractivity contribution in [1.82, 2.24) is 10.2 Å². The van der Waals surface area contributed by atoms with E-state index in [2.05, 4.69) is 47.5 Å². The van der Waals surface area contributed by atoms with Crippen molar-refractivity contribution in [3.63, 3.8) is 0 Å². The lowest BCUT2D eigenvalue weighted by molar-refractivity contribution is -0.137. The molecule has 1 amide bonds. The number of amides is 1. The molecule has 0 radical (unpaired) electrons. The number of rotatable bonds is 3. The summed E-state index contributed by atoms with van der Waals surface area (Å²) in [5.41, 5.74) is 1.10. The molecule has 108 valence electrons. The smallest absolute Gasteiger partial charge is 0.242 e. The lowest BCUT2D eigenvalue weighted by atomic mass is 9.92. The van der Waals surface area contributed by atoms with Gasteiger partial charge in [-0.25, -0.2) is 0 Å². The summed E-state index contributed by atoms with van der Waals surface area (Å²) in [6, 6.07) is 10.6. The zero-order valence-electron chi connectivity index (χ0n) is 12.3. The maximum Gasteiger partial charge on any atom is 0.242 e. The number of hydrogen-bond donors (Lipinski definition) is 1. The maximum absolute atomic E-state index is 12.8. The summed E-state index contributed by atoms with van der Waals surface area (Å²) < 4.78 is 0. The van der Waals surface area contributed by atoms with Gasteiger partial charge in [0.1, 0.15) is 0 Å². The Morgan fingerprint density at radius 2 is 2.20 bits per heavy atom. The van der Waals surface area contributed by atoms with Crippen molar-refractivity contribution >= 4 is 5.91 Å². The molecule has 0 aliphatic carbocycles. The van der Waals surface area contributed by atoms with Crippen molar-refractivity contribution in [2.75, 3.05) is 19.6 Å². The van der Waals surface area contributed by atoms with Gasteiger partial charge in [-0.05, 0) is 37.8 Å². The van der Waals surface area contributed by atoms with Gasteiger partial charge in [0.15, 0.2) is 0 Å². The average Bonchev–Trinajstić information content (AvgIpc) is 3.17. The highest BCUT2D eigenvalue weighted by molar-refractivity contribution is 5.87. The second-order valence-corrected chi connectivity index (χ2v) is 6.11. The van der Waals surface area contributed by atoms with Crippen LogP contribution in [0.2, 0.25) is 0 Å². The Labute approximate surface area is 121 Å². The summed E-state index contributed by atoms with van der Waals surface area (Å²) >= 11 is 0. The number of carbonyl (C=O) groups excluding carboxylic acids is 1. The molecule has 2 aliphatic heterocycles. The molecule has 1 aromatic rings. The van der Waals surface area contributed by atoms with Crippen molar-refractivity contribution in [1.29, 1.82) is 0 Å². The first-order chi connectivity index (χ1) is 9.75. The fourth-order valence-electron chi connectivity index (χ4n) is 3.69. The Morgan fingerprint density at radius 1 is 1.40 bits per heavy atom. The van der Waals surface area contributed by atoms with Gasteiger partial charge >= 0.3 is 0 Å². The lowest BCUT2D eigenvalue weighted by Gasteiger charge is -2.31. The number of nitrogens with zero attached hydrogens (tertiary/aromatic N) is 1. The second kappa shape index (κ2) is 5.57. The number of likely N-dealkylation sites (tertiary alicyclic amines) is 1. The largest absolute Gasteiger partial charge is 0.340 e. The van der Waals surface area contributed by atoms with Crippen LogP contribution < -0.4 is 5.32 Å². The predicted molar refractivity (Wildman–Crippen MR) is 80.6 cm³/mol. The molecule has 2 unspecified atom stereocenters. The van der Waals surface area contributed by atoms with Gasteiger partial charge in [0.25, 0.3) is 0 Å². The third kappa shape index (κ3) is 2.35. The first kappa shape index (κ1) is 13.6. The topological polar surface area (TPSA) is 32.3 Å². The summed E-state index contributed by atoms with van der Waals surface area (Å²) in [7, 11) is 0. The molecular formula is C17H24N2O. The quantitative estimate of drug-likeness (QED) is 0.917. The number of benzene rings is 1. The first-order valence-corrected chi connectivity index (χ1v) is 7.84. The van der Waals surface area contributed by atoms with Crippen LogP contribution in [0.1, 0.15) is 44.1 Å². The Balaban J connectivity index is 1.69. The second-order valence-electron chi connectivity index (χ2n) is 6.11. The van der Waals surface area contributed by atoms with Crippen LogP contribution in [-0.2, 0) is 4.79 Å². The fraction of sp³-hybridized carbons (Fsp3) is 0.588. The molecule has 3 heteroatoms. The van der Waals surface area contributed by atoms with Crippen LogP contribution in [0.15, 0.2) is 30.3 Å². The van der Waals surface area contributed by atoms with E-state index in [-0.39, 0.29) is 5.54 Å². The third-order valence-electron chi connectivity index (χ3n) is 5.00. The van der Waals surface area contributed by atoms with Gasteiger partial charge in [0, 0.05) is 19.0 Å². The molecule has 2 atom stereocenters. The van der Waals surface area contributed by atoms with Crippen LogP contribution >= 0.6 is 0 Å².